The van der Waals surface area contributed by atoms with Crippen LogP contribution in [0.25, 0.3) is 11.1 Å². The maximum atomic E-state index is 11.6. The third kappa shape index (κ3) is 4.55. The first-order valence-corrected chi connectivity index (χ1v) is 9.25. The number of ether oxygens (including phenoxy) is 1. The van der Waals surface area contributed by atoms with E-state index >= 15 is 0 Å². The SMILES string of the molecule is Cc1ccc(COc2cccc(-c3cccc(Cn4oc(=O)[nH]c4=O)c3)c2)cc1. The van der Waals surface area contributed by atoms with Crippen molar-refractivity contribution < 1.29 is 9.26 Å². The normalized spacial score (nSPS) is 10.8. The van der Waals surface area contributed by atoms with Crippen molar-refractivity contribution in [2.75, 3.05) is 0 Å². The van der Waals surface area contributed by atoms with Gasteiger partial charge in [0.1, 0.15) is 12.4 Å². The summed E-state index contributed by atoms with van der Waals surface area (Å²) in [5, 5.41) is 0. The average molecular weight is 388 g/mol. The van der Waals surface area contributed by atoms with Gasteiger partial charge in [0.05, 0.1) is 6.54 Å². The molecule has 0 atom stereocenters. The van der Waals surface area contributed by atoms with Crippen molar-refractivity contribution in [2.24, 2.45) is 0 Å². The van der Waals surface area contributed by atoms with Crippen molar-refractivity contribution in [3.63, 3.8) is 0 Å². The summed E-state index contributed by atoms with van der Waals surface area (Å²) < 4.78 is 11.8. The second-order valence-electron chi connectivity index (χ2n) is 6.85. The maximum absolute atomic E-state index is 11.6. The first-order valence-electron chi connectivity index (χ1n) is 9.25. The molecule has 0 amide bonds. The largest absolute Gasteiger partial charge is 0.489 e. The van der Waals surface area contributed by atoms with Gasteiger partial charge >= 0.3 is 11.4 Å². The zero-order valence-electron chi connectivity index (χ0n) is 15.9. The van der Waals surface area contributed by atoms with Gasteiger partial charge in [-0.1, -0.05) is 60.2 Å². The van der Waals surface area contributed by atoms with Crippen LogP contribution in [0.15, 0.2) is 86.9 Å². The molecule has 4 rings (SSSR count). The lowest BCUT2D eigenvalue weighted by atomic mass is 10.0. The van der Waals surface area contributed by atoms with Crippen molar-refractivity contribution in [3.05, 3.63) is 111 Å². The van der Waals surface area contributed by atoms with Gasteiger partial charge in [0.25, 0.3) is 0 Å². The Balaban J connectivity index is 1.51. The van der Waals surface area contributed by atoms with Gasteiger partial charge in [0.2, 0.25) is 0 Å². The molecule has 3 aromatic carbocycles. The third-order valence-corrected chi connectivity index (χ3v) is 4.58. The molecule has 4 aromatic rings. The highest BCUT2D eigenvalue weighted by atomic mass is 16.5. The molecule has 1 N–H and O–H groups in total. The Morgan fingerprint density at radius 3 is 2.34 bits per heavy atom. The van der Waals surface area contributed by atoms with Crippen molar-refractivity contribution in [2.45, 2.75) is 20.1 Å². The summed E-state index contributed by atoms with van der Waals surface area (Å²) >= 11 is 0. The summed E-state index contributed by atoms with van der Waals surface area (Å²) in [7, 11) is 0. The van der Waals surface area contributed by atoms with E-state index in [0.29, 0.717) is 6.61 Å². The van der Waals surface area contributed by atoms with Crippen molar-refractivity contribution in [1.82, 2.24) is 9.72 Å². The van der Waals surface area contributed by atoms with Crippen molar-refractivity contribution in [1.29, 1.82) is 0 Å². The summed E-state index contributed by atoms with van der Waals surface area (Å²) in [6.45, 7) is 2.73. The van der Waals surface area contributed by atoms with E-state index < -0.39 is 11.4 Å². The fourth-order valence-corrected chi connectivity index (χ4v) is 3.05. The smallest absolute Gasteiger partial charge is 0.440 e. The molecule has 6 heteroatoms. The van der Waals surface area contributed by atoms with Gasteiger partial charge in [-0.05, 0) is 47.4 Å². The number of nitrogens with zero attached hydrogens (tertiary/aromatic N) is 1. The van der Waals surface area contributed by atoms with E-state index in [9.17, 15) is 9.59 Å². The molecule has 0 saturated heterocycles. The van der Waals surface area contributed by atoms with Crippen molar-refractivity contribution >= 4 is 0 Å². The Labute approximate surface area is 167 Å². The van der Waals surface area contributed by atoms with E-state index in [-0.39, 0.29) is 6.54 Å². The number of benzene rings is 3. The molecule has 0 saturated carbocycles. The van der Waals surface area contributed by atoms with Crippen LogP contribution in [-0.2, 0) is 13.2 Å². The number of H-pyrrole nitrogens is 1. The van der Waals surface area contributed by atoms with Gasteiger partial charge in [0.15, 0.2) is 0 Å². The number of aryl methyl sites for hydroxylation is 1. The topological polar surface area (TPSA) is 77.2 Å². The zero-order chi connectivity index (χ0) is 20.2. The van der Waals surface area contributed by atoms with E-state index in [1.807, 2.05) is 48.5 Å². The minimum absolute atomic E-state index is 0.176. The molecule has 0 aliphatic carbocycles. The second kappa shape index (κ2) is 8.06. The fraction of sp³-hybridized carbons (Fsp3) is 0.130. The Hall–Kier alpha value is -3.80. The molecule has 0 spiro atoms. The van der Waals surface area contributed by atoms with E-state index in [1.165, 1.54) is 5.56 Å². The molecule has 6 nitrogen and oxygen atoms in total. The summed E-state index contributed by atoms with van der Waals surface area (Å²) in [5.41, 5.74) is 4.59. The quantitative estimate of drug-likeness (QED) is 0.546. The minimum atomic E-state index is -0.760. The van der Waals surface area contributed by atoms with Gasteiger partial charge in [-0.15, -0.1) is 4.74 Å². The lowest BCUT2D eigenvalue weighted by molar-refractivity contribution is 0.258. The van der Waals surface area contributed by atoms with Crippen LogP contribution >= 0.6 is 0 Å². The molecule has 1 heterocycles. The highest BCUT2D eigenvalue weighted by molar-refractivity contribution is 5.65. The third-order valence-electron chi connectivity index (χ3n) is 4.58. The van der Waals surface area contributed by atoms with Crippen LogP contribution < -0.4 is 16.2 Å². The molecule has 29 heavy (non-hydrogen) atoms. The van der Waals surface area contributed by atoms with Crippen LogP contribution in [0.5, 0.6) is 5.75 Å². The molecule has 0 radical (unpaired) electrons. The first-order chi connectivity index (χ1) is 14.1. The van der Waals surface area contributed by atoms with Crippen LogP contribution in [0.2, 0.25) is 0 Å². The molecule has 0 aliphatic rings. The van der Waals surface area contributed by atoms with Gasteiger partial charge in [-0.25, -0.2) is 14.6 Å². The fourth-order valence-electron chi connectivity index (χ4n) is 3.05. The molecule has 1 aromatic heterocycles. The van der Waals surface area contributed by atoms with Gasteiger partial charge in [-0.3, -0.25) is 0 Å². The van der Waals surface area contributed by atoms with E-state index in [2.05, 4.69) is 36.2 Å². The van der Waals surface area contributed by atoms with E-state index in [4.69, 9.17) is 9.26 Å². The maximum Gasteiger partial charge on any atom is 0.440 e. The van der Waals surface area contributed by atoms with Crippen LogP contribution in [-0.4, -0.2) is 9.72 Å². The summed E-state index contributed by atoms with van der Waals surface area (Å²) in [5.74, 6) is 0.0194. The second-order valence-corrected chi connectivity index (χ2v) is 6.85. The summed E-state index contributed by atoms with van der Waals surface area (Å²) in [6, 6.07) is 23.8. The molecule has 146 valence electrons. The number of rotatable bonds is 6. The monoisotopic (exact) mass is 388 g/mol. The van der Waals surface area contributed by atoms with E-state index in [0.717, 1.165) is 32.7 Å². The predicted octanol–water partition coefficient (Wildman–Crippen LogP) is 3.73. The molecule has 0 aliphatic heterocycles. The van der Waals surface area contributed by atoms with Crippen LogP contribution in [0.1, 0.15) is 16.7 Å². The highest BCUT2D eigenvalue weighted by Crippen LogP contribution is 2.25. The van der Waals surface area contributed by atoms with Crippen LogP contribution in [0, 0.1) is 6.92 Å². The Kier molecular flexibility index (Phi) is 5.16. The Bertz CT molecular complexity index is 1230. The number of aromatic amines is 1. The Morgan fingerprint density at radius 2 is 1.62 bits per heavy atom. The standard InChI is InChI=1S/C23H20N2O4/c1-16-8-10-17(11-9-16)15-28-21-7-3-6-20(13-21)19-5-2-4-18(12-19)14-25-22(26)24-23(27)29-25/h2-13H,14-15H2,1H3,(H,24,26,27). The molecular formula is C23H20N2O4. The van der Waals surface area contributed by atoms with Crippen LogP contribution in [0.3, 0.4) is 0 Å². The molecular weight excluding hydrogens is 368 g/mol. The first kappa shape index (κ1) is 18.6. The zero-order valence-corrected chi connectivity index (χ0v) is 15.9. The lowest BCUT2D eigenvalue weighted by Crippen LogP contribution is -2.17. The molecule has 0 bridgehead atoms. The summed E-state index contributed by atoms with van der Waals surface area (Å²) in [4.78, 5) is 24.9. The van der Waals surface area contributed by atoms with E-state index in [1.54, 1.807) is 0 Å². The average Bonchev–Trinajstić information content (AvgIpc) is 3.04. The molecule has 0 fully saturated rings. The number of hydrogen-bond donors (Lipinski definition) is 1. The lowest BCUT2D eigenvalue weighted by Gasteiger charge is -2.10. The molecule has 0 unspecified atom stereocenters. The van der Waals surface area contributed by atoms with Gasteiger partial charge in [-0.2, -0.15) is 0 Å². The minimum Gasteiger partial charge on any atom is -0.489 e. The number of nitrogens with one attached hydrogen (secondary N) is 1. The van der Waals surface area contributed by atoms with Gasteiger partial charge in [0, 0.05) is 0 Å². The van der Waals surface area contributed by atoms with Gasteiger partial charge < -0.3 is 9.26 Å². The van der Waals surface area contributed by atoms with Crippen LogP contribution in [0.4, 0.5) is 0 Å². The summed E-state index contributed by atoms with van der Waals surface area (Å²) in [6.07, 6.45) is 0. The predicted molar refractivity (Wildman–Crippen MR) is 110 cm³/mol. The van der Waals surface area contributed by atoms with Crippen molar-refractivity contribution in [3.8, 4) is 16.9 Å². The Morgan fingerprint density at radius 1 is 0.897 bits per heavy atom. The number of hydrogen-bond acceptors (Lipinski definition) is 4. The number of aromatic nitrogens is 2. The highest BCUT2D eigenvalue weighted by Gasteiger charge is 2.06.